The third-order valence-electron chi connectivity index (χ3n) is 3.99. The zero-order valence-corrected chi connectivity index (χ0v) is 11.8. The molecule has 1 N–H and O–H groups in total. The minimum absolute atomic E-state index is 0.105. The minimum atomic E-state index is -1.13. The molecule has 0 unspecified atom stereocenters. The smallest absolute Gasteiger partial charge is 0.498 e. The van der Waals surface area contributed by atoms with E-state index < -0.39 is 60.3 Å². The Hall–Kier alpha value is -1.52. The highest BCUT2D eigenvalue weighted by atomic mass is 16.7. The SMILES string of the molecule is [2H]c1c([2H])c([2H])c2c(O)c(B3OC(C)(C)C(C)(C)O3)c([2H])c([2H])c2c1[2H]. The van der Waals surface area contributed by atoms with Crippen molar-refractivity contribution < 1.29 is 22.6 Å². The Morgan fingerprint density at radius 3 is 2.25 bits per heavy atom. The summed E-state index contributed by atoms with van der Waals surface area (Å²) < 4.78 is 59.9. The summed E-state index contributed by atoms with van der Waals surface area (Å²) >= 11 is 0. The molecule has 0 aliphatic carbocycles. The normalized spacial score (nSPS) is 24.7. The number of aromatic hydroxyl groups is 1. The van der Waals surface area contributed by atoms with E-state index in [1.807, 2.05) is 27.7 Å². The molecular formula is C16H19BO3. The van der Waals surface area contributed by atoms with Crippen LogP contribution in [0.5, 0.6) is 5.75 Å². The Morgan fingerprint density at radius 2 is 1.60 bits per heavy atom. The Morgan fingerprint density at radius 1 is 1.00 bits per heavy atom. The van der Waals surface area contributed by atoms with Crippen LogP contribution in [-0.2, 0) is 9.31 Å². The van der Waals surface area contributed by atoms with Crippen LogP contribution >= 0.6 is 0 Å². The fraction of sp³-hybridized carbons (Fsp3) is 0.375. The molecule has 2 aromatic carbocycles. The number of phenols is 1. The second-order valence-electron chi connectivity index (χ2n) is 5.85. The number of rotatable bonds is 1. The monoisotopic (exact) mass is 276 g/mol. The molecule has 0 atom stereocenters. The van der Waals surface area contributed by atoms with E-state index in [9.17, 15) is 5.11 Å². The van der Waals surface area contributed by atoms with Crippen molar-refractivity contribution in [2.75, 3.05) is 0 Å². The Balaban J connectivity index is 2.37. The van der Waals surface area contributed by atoms with E-state index in [-0.39, 0.29) is 16.2 Å². The number of hydrogen-bond acceptors (Lipinski definition) is 3. The van der Waals surface area contributed by atoms with Gasteiger partial charge in [-0.3, -0.25) is 0 Å². The van der Waals surface area contributed by atoms with Gasteiger partial charge in [0.05, 0.1) is 19.4 Å². The van der Waals surface area contributed by atoms with Crippen LogP contribution in [0.25, 0.3) is 10.8 Å². The molecule has 1 fully saturated rings. The molecule has 3 rings (SSSR count). The molecule has 2 aromatic rings. The highest BCUT2D eigenvalue weighted by Crippen LogP contribution is 2.37. The first-order chi connectivity index (χ1) is 11.8. The highest BCUT2D eigenvalue weighted by Gasteiger charge is 2.52. The largest absolute Gasteiger partial charge is 0.508 e. The van der Waals surface area contributed by atoms with Crippen LogP contribution in [-0.4, -0.2) is 23.4 Å². The summed E-state index contributed by atoms with van der Waals surface area (Å²) in [4.78, 5) is 0. The molecule has 4 heteroatoms. The van der Waals surface area contributed by atoms with Crippen LogP contribution in [0.3, 0.4) is 0 Å². The van der Waals surface area contributed by atoms with Gasteiger partial charge in [0.1, 0.15) is 5.75 Å². The number of hydrogen-bond donors (Lipinski definition) is 1. The van der Waals surface area contributed by atoms with Crippen LogP contribution in [0.2, 0.25) is 0 Å². The molecule has 0 bridgehead atoms. The fourth-order valence-electron chi connectivity index (χ4n) is 2.04. The Labute approximate surface area is 128 Å². The van der Waals surface area contributed by atoms with Gasteiger partial charge in [-0.1, -0.05) is 36.3 Å². The lowest BCUT2D eigenvalue weighted by Crippen LogP contribution is -2.41. The third kappa shape index (κ3) is 1.91. The molecule has 0 saturated carbocycles. The van der Waals surface area contributed by atoms with Crippen LogP contribution in [0, 0.1) is 0 Å². The van der Waals surface area contributed by atoms with E-state index in [0.717, 1.165) is 0 Å². The third-order valence-corrected chi connectivity index (χ3v) is 3.99. The van der Waals surface area contributed by atoms with Crippen LogP contribution < -0.4 is 5.46 Å². The van der Waals surface area contributed by atoms with Crippen LogP contribution in [0.4, 0.5) is 0 Å². The first-order valence-corrected chi connectivity index (χ1v) is 6.39. The summed E-state index contributed by atoms with van der Waals surface area (Å²) in [5.74, 6) is -0.522. The first kappa shape index (κ1) is 8.06. The van der Waals surface area contributed by atoms with E-state index >= 15 is 0 Å². The zero-order valence-electron chi connectivity index (χ0n) is 17.8. The average molecular weight is 276 g/mol. The molecule has 104 valence electrons. The summed E-state index contributed by atoms with van der Waals surface area (Å²) in [5, 5.41) is 10.4. The molecule has 1 heterocycles. The minimum Gasteiger partial charge on any atom is -0.508 e. The quantitative estimate of drug-likeness (QED) is 0.814. The molecule has 0 aromatic heterocycles. The van der Waals surface area contributed by atoms with E-state index in [1.165, 1.54) is 0 Å². The van der Waals surface area contributed by atoms with Crippen molar-refractivity contribution in [1.82, 2.24) is 0 Å². The standard InChI is InChI=1S/C16H19BO3/c1-15(2)16(3,4)20-17(19-15)13-10-9-11-7-5-6-8-12(11)14(13)18/h5-10,18H,1-4H3/i5D,6D,7D,8D,9D,10D. The molecule has 20 heavy (non-hydrogen) atoms. The summed E-state index contributed by atoms with van der Waals surface area (Å²) in [6.45, 7) is 7.23. The summed E-state index contributed by atoms with van der Waals surface area (Å²) in [6, 6.07) is -2.76. The lowest BCUT2D eigenvalue weighted by molar-refractivity contribution is 0.00578. The van der Waals surface area contributed by atoms with Crippen LogP contribution in [0.15, 0.2) is 36.3 Å². The first-order valence-electron chi connectivity index (χ1n) is 9.39. The molecule has 1 aliphatic rings. The fourth-order valence-corrected chi connectivity index (χ4v) is 2.04. The molecule has 1 aliphatic heterocycles. The summed E-state index contributed by atoms with van der Waals surface area (Å²) in [7, 11) is -1.13. The lowest BCUT2D eigenvalue weighted by Gasteiger charge is -2.32. The van der Waals surface area contributed by atoms with Gasteiger partial charge in [0.25, 0.3) is 0 Å². The van der Waals surface area contributed by atoms with Crippen molar-refractivity contribution in [1.29, 1.82) is 0 Å². The predicted molar refractivity (Wildman–Crippen MR) is 81.3 cm³/mol. The predicted octanol–water partition coefficient (Wildman–Crippen LogP) is 2.84. The number of benzene rings is 2. The van der Waals surface area contributed by atoms with Crippen molar-refractivity contribution in [3.8, 4) is 5.75 Å². The van der Waals surface area contributed by atoms with E-state index in [2.05, 4.69) is 0 Å². The molecule has 0 radical (unpaired) electrons. The van der Waals surface area contributed by atoms with Gasteiger partial charge >= 0.3 is 7.12 Å². The van der Waals surface area contributed by atoms with Gasteiger partial charge in [-0.25, -0.2) is 0 Å². The molecule has 3 nitrogen and oxygen atoms in total. The maximum Gasteiger partial charge on any atom is 0.498 e. The van der Waals surface area contributed by atoms with Gasteiger partial charge in [0, 0.05) is 10.8 Å². The van der Waals surface area contributed by atoms with E-state index in [0.29, 0.717) is 0 Å². The summed E-state index contributed by atoms with van der Waals surface area (Å²) in [6.07, 6.45) is 0. The van der Waals surface area contributed by atoms with Crippen LogP contribution in [0.1, 0.15) is 35.9 Å². The van der Waals surface area contributed by atoms with Crippen molar-refractivity contribution in [3.05, 3.63) is 36.3 Å². The Bertz CT molecular complexity index is 928. The van der Waals surface area contributed by atoms with Gasteiger partial charge in [0.15, 0.2) is 0 Å². The van der Waals surface area contributed by atoms with Crippen molar-refractivity contribution >= 4 is 23.4 Å². The molecule has 0 amide bonds. The van der Waals surface area contributed by atoms with E-state index in [1.54, 1.807) is 0 Å². The Kier molecular flexibility index (Phi) is 1.71. The van der Waals surface area contributed by atoms with Crippen molar-refractivity contribution in [3.63, 3.8) is 0 Å². The highest BCUT2D eigenvalue weighted by molar-refractivity contribution is 6.63. The average Bonchev–Trinajstić information content (AvgIpc) is 2.74. The lowest BCUT2D eigenvalue weighted by atomic mass is 9.77. The number of phenolic OH excluding ortho intramolecular Hbond substituents is 1. The van der Waals surface area contributed by atoms with Crippen molar-refractivity contribution in [2.24, 2.45) is 0 Å². The molecular weight excluding hydrogens is 251 g/mol. The van der Waals surface area contributed by atoms with E-state index in [4.69, 9.17) is 17.5 Å². The van der Waals surface area contributed by atoms with Gasteiger partial charge in [-0.2, -0.15) is 0 Å². The zero-order chi connectivity index (χ0) is 19.8. The second-order valence-corrected chi connectivity index (χ2v) is 5.85. The molecule has 0 spiro atoms. The topological polar surface area (TPSA) is 38.7 Å². The van der Waals surface area contributed by atoms with Gasteiger partial charge in [-0.15, -0.1) is 0 Å². The van der Waals surface area contributed by atoms with Gasteiger partial charge < -0.3 is 14.4 Å². The van der Waals surface area contributed by atoms with Gasteiger partial charge in [0.2, 0.25) is 0 Å². The number of fused-ring (bicyclic) bond motifs is 1. The summed E-state index contributed by atoms with van der Waals surface area (Å²) in [5.41, 5.74) is -1.57. The maximum absolute atomic E-state index is 10.8. The van der Waals surface area contributed by atoms with Gasteiger partial charge in [-0.05, 0) is 33.1 Å². The molecule has 1 saturated heterocycles. The maximum atomic E-state index is 10.8. The second kappa shape index (κ2) is 4.24. The van der Waals surface area contributed by atoms with Crippen molar-refractivity contribution in [2.45, 2.75) is 38.9 Å².